The quantitative estimate of drug-likeness (QED) is 0.365. The fourth-order valence-corrected chi connectivity index (χ4v) is 5.50. The van der Waals surface area contributed by atoms with Gasteiger partial charge in [-0.1, -0.05) is 40.8 Å². The lowest BCUT2D eigenvalue weighted by atomic mass is 10.1. The van der Waals surface area contributed by atoms with Crippen molar-refractivity contribution < 1.29 is 9.59 Å². The summed E-state index contributed by atoms with van der Waals surface area (Å²) in [6.07, 6.45) is 3.66. The number of hydrogen-bond donors (Lipinski definition) is 2. The van der Waals surface area contributed by atoms with E-state index in [1.165, 1.54) is 23.1 Å². The van der Waals surface area contributed by atoms with Crippen LogP contribution in [0.1, 0.15) is 44.8 Å². The first kappa shape index (κ1) is 21.9. The van der Waals surface area contributed by atoms with E-state index in [-0.39, 0.29) is 17.4 Å². The molecule has 10 heteroatoms. The number of halogens is 1. The number of aromatic amines is 1. The highest BCUT2D eigenvalue weighted by Crippen LogP contribution is 2.33. The number of thioether (sulfide) groups is 1. The molecular formula is C21H22ClN5O2S2. The average Bonchev–Trinajstić information content (AvgIpc) is 3.50. The Labute approximate surface area is 193 Å². The summed E-state index contributed by atoms with van der Waals surface area (Å²) in [7, 11) is 0. The van der Waals surface area contributed by atoms with Crippen molar-refractivity contribution in [3.05, 3.63) is 51.8 Å². The summed E-state index contributed by atoms with van der Waals surface area (Å²) in [5.74, 6) is 0.103. The molecule has 31 heavy (non-hydrogen) atoms. The normalized spacial score (nSPS) is 13.6. The molecule has 7 nitrogen and oxygen atoms in total. The number of hydrogen-bond acceptors (Lipinski definition) is 7. The average molecular weight is 476 g/mol. The van der Waals surface area contributed by atoms with Gasteiger partial charge in [-0.05, 0) is 49.9 Å². The van der Waals surface area contributed by atoms with E-state index in [2.05, 4.69) is 20.5 Å². The highest BCUT2D eigenvalue weighted by Gasteiger charge is 2.22. The molecule has 0 bridgehead atoms. The second kappa shape index (κ2) is 9.42. The van der Waals surface area contributed by atoms with Crippen LogP contribution in [0.2, 0.25) is 5.02 Å². The van der Waals surface area contributed by atoms with E-state index >= 15 is 0 Å². The monoisotopic (exact) mass is 475 g/mol. The third-order valence-corrected chi connectivity index (χ3v) is 7.30. The van der Waals surface area contributed by atoms with Crippen molar-refractivity contribution in [2.24, 2.45) is 0 Å². The molecule has 2 N–H and O–H groups in total. The van der Waals surface area contributed by atoms with Crippen LogP contribution in [-0.2, 0) is 0 Å². The lowest BCUT2D eigenvalue weighted by Crippen LogP contribution is -2.27. The number of carbonyl (C=O) groups excluding carboxylic acids is 2. The first-order valence-electron chi connectivity index (χ1n) is 9.91. The van der Waals surface area contributed by atoms with E-state index in [0.717, 1.165) is 42.7 Å². The van der Waals surface area contributed by atoms with Gasteiger partial charge in [-0.2, -0.15) is 0 Å². The standard InChI is InChI=1S/C21H22ClN5O2S2/c1-12-7-13(2)18(15(22)8-12)24-20-25-26-21(31-20)30-11-17(28)14-9-16(23-10-14)19(29)27-5-3-4-6-27/h7-10,23H,3-6,11H2,1-2H3,(H,24,25). The Bertz CT molecular complexity index is 1100. The molecule has 1 saturated heterocycles. The van der Waals surface area contributed by atoms with Gasteiger partial charge in [0.05, 0.1) is 16.5 Å². The third-order valence-electron chi connectivity index (χ3n) is 5.03. The molecule has 1 fully saturated rings. The minimum absolute atomic E-state index is 0.0471. The van der Waals surface area contributed by atoms with E-state index in [1.54, 1.807) is 12.3 Å². The number of carbonyl (C=O) groups is 2. The molecule has 0 unspecified atom stereocenters. The Kier molecular flexibility index (Phi) is 6.64. The van der Waals surface area contributed by atoms with Crippen LogP contribution in [0.4, 0.5) is 10.8 Å². The maximum Gasteiger partial charge on any atom is 0.270 e. The number of ketones is 1. The summed E-state index contributed by atoms with van der Waals surface area (Å²) in [4.78, 5) is 29.7. The van der Waals surface area contributed by atoms with Crippen LogP contribution in [0, 0.1) is 13.8 Å². The molecule has 3 aromatic rings. The van der Waals surface area contributed by atoms with Gasteiger partial charge in [-0.3, -0.25) is 9.59 Å². The van der Waals surface area contributed by atoms with Crippen molar-refractivity contribution in [3.8, 4) is 0 Å². The summed E-state index contributed by atoms with van der Waals surface area (Å²) >= 11 is 9.03. The molecule has 1 aliphatic rings. The van der Waals surface area contributed by atoms with Gasteiger partial charge in [0, 0.05) is 24.8 Å². The van der Waals surface area contributed by atoms with Gasteiger partial charge in [0.25, 0.3) is 5.91 Å². The first-order valence-corrected chi connectivity index (χ1v) is 12.1. The largest absolute Gasteiger partial charge is 0.356 e. The highest BCUT2D eigenvalue weighted by atomic mass is 35.5. The Hall–Kier alpha value is -2.36. The lowest BCUT2D eigenvalue weighted by Gasteiger charge is -2.13. The predicted octanol–water partition coefficient (Wildman–Crippen LogP) is 5.09. The van der Waals surface area contributed by atoms with Gasteiger partial charge < -0.3 is 15.2 Å². The van der Waals surface area contributed by atoms with Gasteiger partial charge in [0.1, 0.15) is 5.69 Å². The maximum absolute atomic E-state index is 12.6. The summed E-state index contributed by atoms with van der Waals surface area (Å²) in [6, 6.07) is 5.58. The minimum atomic E-state index is -0.0659. The molecule has 0 radical (unpaired) electrons. The van der Waals surface area contributed by atoms with Crippen LogP contribution in [0.25, 0.3) is 0 Å². The van der Waals surface area contributed by atoms with Gasteiger partial charge in [0.15, 0.2) is 10.1 Å². The zero-order valence-corrected chi connectivity index (χ0v) is 19.6. The van der Waals surface area contributed by atoms with E-state index < -0.39 is 0 Å². The summed E-state index contributed by atoms with van der Waals surface area (Å²) in [5.41, 5.74) is 3.88. The number of rotatable bonds is 7. The van der Waals surface area contributed by atoms with Crippen molar-refractivity contribution >= 4 is 57.2 Å². The van der Waals surface area contributed by atoms with Crippen LogP contribution in [-0.4, -0.2) is 50.6 Å². The van der Waals surface area contributed by atoms with Gasteiger partial charge >= 0.3 is 0 Å². The molecule has 0 spiro atoms. The smallest absolute Gasteiger partial charge is 0.270 e. The fourth-order valence-electron chi connectivity index (χ4n) is 3.48. The second-order valence-corrected chi connectivity index (χ2v) is 10.1. The highest BCUT2D eigenvalue weighted by molar-refractivity contribution is 8.01. The Morgan fingerprint density at radius 1 is 1.23 bits per heavy atom. The second-order valence-electron chi connectivity index (χ2n) is 7.45. The minimum Gasteiger partial charge on any atom is -0.356 e. The zero-order chi connectivity index (χ0) is 22.0. The van der Waals surface area contributed by atoms with E-state index in [0.29, 0.717) is 25.8 Å². The van der Waals surface area contributed by atoms with Crippen molar-refractivity contribution in [2.75, 3.05) is 24.2 Å². The van der Waals surface area contributed by atoms with Crippen LogP contribution in [0.5, 0.6) is 0 Å². The molecule has 1 aromatic carbocycles. The number of H-pyrrole nitrogens is 1. The van der Waals surface area contributed by atoms with Crippen LogP contribution in [0.3, 0.4) is 0 Å². The number of benzene rings is 1. The molecule has 1 aliphatic heterocycles. The van der Waals surface area contributed by atoms with Gasteiger partial charge in [-0.25, -0.2) is 0 Å². The lowest BCUT2D eigenvalue weighted by molar-refractivity contribution is 0.0787. The molecule has 3 heterocycles. The van der Waals surface area contributed by atoms with Gasteiger partial charge in [-0.15, -0.1) is 10.2 Å². The number of nitrogens with one attached hydrogen (secondary N) is 2. The molecule has 0 atom stereocenters. The SMILES string of the molecule is Cc1cc(C)c(Nc2nnc(SCC(=O)c3c[nH]c(C(=O)N4CCCC4)c3)s2)c(Cl)c1. The van der Waals surface area contributed by atoms with Crippen LogP contribution < -0.4 is 5.32 Å². The number of anilines is 2. The Morgan fingerprint density at radius 3 is 2.74 bits per heavy atom. The molecule has 162 valence electrons. The molecule has 0 saturated carbocycles. The number of aromatic nitrogens is 3. The number of aryl methyl sites for hydroxylation is 2. The molecule has 4 rings (SSSR count). The number of Topliss-reactive ketones (excluding diaryl/α,β-unsaturated/α-hetero) is 1. The van der Waals surface area contributed by atoms with Crippen molar-refractivity contribution in [3.63, 3.8) is 0 Å². The molecular weight excluding hydrogens is 454 g/mol. The summed E-state index contributed by atoms with van der Waals surface area (Å²) in [6.45, 7) is 5.53. The summed E-state index contributed by atoms with van der Waals surface area (Å²) in [5, 5.41) is 12.8. The molecule has 1 amide bonds. The van der Waals surface area contributed by atoms with Crippen molar-refractivity contribution in [1.82, 2.24) is 20.1 Å². The Morgan fingerprint density at radius 2 is 2.00 bits per heavy atom. The van der Waals surface area contributed by atoms with Crippen molar-refractivity contribution in [1.29, 1.82) is 0 Å². The maximum atomic E-state index is 12.6. The number of amides is 1. The molecule has 2 aromatic heterocycles. The van der Waals surface area contributed by atoms with E-state index in [9.17, 15) is 9.59 Å². The number of likely N-dealkylation sites (tertiary alicyclic amines) is 1. The van der Waals surface area contributed by atoms with E-state index in [4.69, 9.17) is 11.6 Å². The fraction of sp³-hybridized carbons (Fsp3) is 0.333. The van der Waals surface area contributed by atoms with Crippen LogP contribution in [0.15, 0.2) is 28.7 Å². The van der Waals surface area contributed by atoms with Crippen LogP contribution >= 0.6 is 34.7 Å². The number of nitrogens with zero attached hydrogens (tertiary/aromatic N) is 3. The third kappa shape index (κ3) is 5.11. The van der Waals surface area contributed by atoms with Gasteiger partial charge in [0.2, 0.25) is 5.13 Å². The summed E-state index contributed by atoms with van der Waals surface area (Å²) < 4.78 is 0.681. The predicted molar refractivity (Wildman–Crippen MR) is 125 cm³/mol. The zero-order valence-electron chi connectivity index (χ0n) is 17.2. The Balaban J connectivity index is 1.35. The van der Waals surface area contributed by atoms with Crippen molar-refractivity contribution in [2.45, 2.75) is 31.0 Å². The van der Waals surface area contributed by atoms with E-state index in [1.807, 2.05) is 30.9 Å². The molecule has 0 aliphatic carbocycles. The topological polar surface area (TPSA) is 91.0 Å². The first-order chi connectivity index (χ1) is 14.9.